The summed E-state index contributed by atoms with van der Waals surface area (Å²) < 4.78 is 5.54. The van der Waals surface area contributed by atoms with Crippen LogP contribution in [0.2, 0.25) is 5.02 Å². The monoisotopic (exact) mass is 299 g/mol. The molecular formula is C18H18ClNO. The summed E-state index contributed by atoms with van der Waals surface area (Å²) >= 11 is 6.06. The Kier molecular flexibility index (Phi) is 5.14. The summed E-state index contributed by atoms with van der Waals surface area (Å²) in [4.78, 5) is 0. The smallest absolute Gasteiger partial charge is 0.148 e. The first-order chi connectivity index (χ1) is 10.1. The molecule has 2 aromatic carbocycles. The van der Waals surface area contributed by atoms with Crippen LogP contribution in [0.5, 0.6) is 5.75 Å². The van der Waals surface area contributed by atoms with Gasteiger partial charge in [0.2, 0.25) is 0 Å². The lowest BCUT2D eigenvalue weighted by molar-refractivity contribution is 0.366. The van der Waals surface area contributed by atoms with Crippen molar-refractivity contribution in [1.29, 1.82) is 0 Å². The highest BCUT2D eigenvalue weighted by molar-refractivity contribution is 6.30. The van der Waals surface area contributed by atoms with Gasteiger partial charge in [0.25, 0.3) is 0 Å². The van der Waals surface area contributed by atoms with Gasteiger partial charge in [0.1, 0.15) is 12.4 Å². The topological polar surface area (TPSA) is 21.3 Å². The molecule has 0 saturated carbocycles. The summed E-state index contributed by atoms with van der Waals surface area (Å²) in [7, 11) is 0. The zero-order chi connectivity index (χ0) is 15.2. The first-order valence-corrected chi connectivity index (χ1v) is 7.14. The molecule has 3 heteroatoms. The Balaban J connectivity index is 2.15. The van der Waals surface area contributed by atoms with Crippen LogP contribution in [0.4, 0.5) is 5.69 Å². The third-order valence-electron chi connectivity index (χ3n) is 3.18. The van der Waals surface area contributed by atoms with Crippen molar-refractivity contribution in [3.63, 3.8) is 0 Å². The number of benzene rings is 2. The molecule has 0 unspecified atom stereocenters. The molecule has 2 aromatic rings. The van der Waals surface area contributed by atoms with Gasteiger partial charge in [-0.15, -0.1) is 6.42 Å². The molecule has 0 aromatic heterocycles. The first-order valence-electron chi connectivity index (χ1n) is 6.76. The Morgan fingerprint density at radius 3 is 2.71 bits per heavy atom. The van der Waals surface area contributed by atoms with E-state index in [9.17, 15) is 0 Å². The van der Waals surface area contributed by atoms with Gasteiger partial charge >= 0.3 is 0 Å². The minimum atomic E-state index is 0.248. The van der Waals surface area contributed by atoms with E-state index in [1.807, 2.05) is 12.1 Å². The predicted octanol–water partition coefficient (Wildman–Crippen LogP) is 4.58. The lowest BCUT2D eigenvalue weighted by atomic mass is 10.1. The van der Waals surface area contributed by atoms with Gasteiger partial charge in [-0.05, 0) is 43.7 Å². The van der Waals surface area contributed by atoms with Crippen molar-refractivity contribution in [2.24, 2.45) is 0 Å². The average molecular weight is 300 g/mol. The van der Waals surface area contributed by atoms with Crippen molar-refractivity contribution in [2.75, 3.05) is 11.9 Å². The number of nitrogens with one attached hydrogen (secondary N) is 1. The van der Waals surface area contributed by atoms with E-state index in [4.69, 9.17) is 22.8 Å². The zero-order valence-corrected chi connectivity index (χ0v) is 13.0. The van der Waals surface area contributed by atoms with Crippen LogP contribution in [0.1, 0.15) is 16.7 Å². The molecule has 2 nitrogen and oxygen atoms in total. The Morgan fingerprint density at radius 1 is 1.19 bits per heavy atom. The third kappa shape index (κ3) is 4.18. The van der Waals surface area contributed by atoms with Gasteiger partial charge in [0.05, 0.1) is 0 Å². The molecule has 0 saturated heterocycles. The fraction of sp³-hybridized carbons (Fsp3) is 0.222. The Morgan fingerprint density at radius 2 is 2.00 bits per heavy atom. The minimum absolute atomic E-state index is 0.248. The number of hydrogen-bond donors (Lipinski definition) is 1. The highest BCUT2D eigenvalue weighted by Crippen LogP contribution is 2.25. The molecule has 0 amide bonds. The maximum atomic E-state index is 6.06. The molecule has 21 heavy (non-hydrogen) atoms. The number of aryl methyl sites for hydroxylation is 2. The second kappa shape index (κ2) is 7.06. The van der Waals surface area contributed by atoms with E-state index >= 15 is 0 Å². The van der Waals surface area contributed by atoms with E-state index in [0.29, 0.717) is 11.6 Å². The molecule has 0 radical (unpaired) electrons. The predicted molar refractivity (Wildman–Crippen MR) is 89.0 cm³/mol. The maximum Gasteiger partial charge on any atom is 0.148 e. The fourth-order valence-electron chi connectivity index (χ4n) is 2.15. The SMILES string of the molecule is C#CCOc1ccc(Cl)cc1CNc1ccc(C)cc1C. The number of ether oxygens (including phenoxy) is 1. The fourth-order valence-corrected chi connectivity index (χ4v) is 2.34. The van der Waals surface area contributed by atoms with Crippen LogP contribution in [0.15, 0.2) is 36.4 Å². The lowest BCUT2D eigenvalue weighted by Crippen LogP contribution is -2.04. The van der Waals surface area contributed by atoms with Crippen molar-refractivity contribution in [3.8, 4) is 18.1 Å². The molecule has 2 rings (SSSR count). The molecule has 0 bridgehead atoms. The number of rotatable bonds is 5. The van der Waals surface area contributed by atoms with Crippen LogP contribution >= 0.6 is 11.6 Å². The summed E-state index contributed by atoms with van der Waals surface area (Å²) in [6, 6.07) is 11.9. The van der Waals surface area contributed by atoms with E-state index in [-0.39, 0.29) is 6.61 Å². The minimum Gasteiger partial charge on any atom is -0.481 e. The normalized spacial score (nSPS) is 10.0. The van der Waals surface area contributed by atoms with Crippen LogP contribution in [-0.4, -0.2) is 6.61 Å². The second-order valence-electron chi connectivity index (χ2n) is 4.92. The molecule has 0 aliphatic carbocycles. The molecule has 0 heterocycles. The highest BCUT2D eigenvalue weighted by Gasteiger charge is 2.06. The maximum absolute atomic E-state index is 6.06. The van der Waals surface area contributed by atoms with E-state index in [1.54, 1.807) is 6.07 Å². The van der Waals surface area contributed by atoms with Crippen LogP contribution in [0.3, 0.4) is 0 Å². The summed E-state index contributed by atoms with van der Waals surface area (Å²) in [6.07, 6.45) is 5.24. The first kappa shape index (κ1) is 15.3. The molecule has 1 N–H and O–H groups in total. The number of halogens is 1. The van der Waals surface area contributed by atoms with E-state index in [2.05, 4.69) is 43.3 Å². The quantitative estimate of drug-likeness (QED) is 0.816. The van der Waals surface area contributed by atoms with Crippen LogP contribution in [0.25, 0.3) is 0 Å². The Hall–Kier alpha value is -2.11. The summed E-state index contributed by atoms with van der Waals surface area (Å²) in [5.74, 6) is 3.23. The van der Waals surface area contributed by atoms with Gasteiger partial charge < -0.3 is 10.1 Å². The van der Waals surface area contributed by atoms with E-state index in [0.717, 1.165) is 17.0 Å². The second-order valence-corrected chi connectivity index (χ2v) is 5.35. The van der Waals surface area contributed by atoms with Crippen molar-refractivity contribution < 1.29 is 4.74 Å². The third-order valence-corrected chi connectivity index (χ3v) is 3.42. The number of terminal acetylenes is 1. The average Bonchev–Trinajstić information content (AvgIpc) is 2.45. The van der Waals surface area contributed by atoms with Gasteiger partial charge in [-0.1, -0.05) is 35.2 Å². The van der Waals surface area contributed by atoms with Gasteiger partial charge in [0, 0.05) is 22.8 Å². The Labute approximate surface area is 131 Å². The van der Waals surface area contributed by atoms with Crippen LogP contribution in [0, 0.1) is 26.2 Å². The standard InChI is InChI=1S/C18H18ClNO/c1-4-9-21-18-8-6-16(19)11-15(18)12-20-17-7-5-13(2)10-14(17)3/h1,5-8,10-11,20H,9,12H2,2-3H3. The molecule has 0 fully saturated rings. The Bertz CT molecular complexity index is 673. The largest absolute Gasteiger partial charge is 0.481 e. The molecule has 0 atom stereocenters. The summed E-state index contributed by atoms with van der Waals surface area (Å²) in [6.45, 7) is 5.05. The molecule has 0 spiro atoms. The lowest BCUT2D eigenvalue weighted by Gasteiger charge is -2.14. The van der Waals surface area contributed by atoms with Gasteiger partial charge in [-0.25, -0.2) is 0 Å². The number of anilines is 1. The van der Waals surface area contributed by atoms with E-state index < -0.39 is 0 Å². The summed E-state index contributed by atoms with van der Waals surface area (Å²) in [5, 5.41) is 4.09. The van der Waals surface area contributed by atoms with Gasteiger partial charge in [0.15, 0.2) is 0 Å². The van der Waals surface area contributed by atoms with Crippen LogP contribution < -0.4 is 10.1 Å². The van der Waals surface area contributed by atoms with Crippen LogP contribution in [-0.2, 0) is 6.54 Å². The number of hydrogen-bond acceptors (Lipinski definition) is 2. The van der Waals surface area contributed by atoms with Crippen molar-refractivity contribution >= 4 is 17.3 Å². The van der Waals surface area contributed by atoms with Crippen molar-refractivity contribution in [2.45, 2.75) is 20.4 Å². The van der Waals surface area contributed by atoms with E-state index in [1.165, 1.54) is 11.1 Å². The van der Waals surface area contributed by atoms with Crippen molar-refractivity contribution in [3.05, 3.63) is 58.1 Å². The molecule has 108 valence electrons. The molecular weight excluding hydrogens is 282 g/mol. The molecule has 0 aliphatic heterocycles. The molecule has 0 aliphatic rings. The van der Waals surface area contributed by atoms with Gasteiger partial charge in [-0.2, -0.15) is 0 Å². The zero-order valence-electron chi connectivity index (χ0n) is 12.2. The van der Waals surface area contributed by atoms with Gasteiger partial charge in [-0.3, -0.25) is 0 Å². The summed E-state index contributed by atoms with van der Waals surface area (Å²) in [5.41, 5.74) is 4.54. The van der Waals surface area contributed by atoms with Crippen molar-refractivity contribution in [1.82, 2.24) is 0 Å². The highest BCUT2D eigenvalue weighted by atomic mass is 35.5.